The molecule has 0 atom stereocenters. The molecule has 10 aromatic carbocycles. The van der Waals surface area contributed by atoms with Gasteiger partial charge < -0.3 is 13.8 Å². The van der Waals surface area contributed by atoms with Gasteiger partial charge in [-0.1, -0.05) is 159 Å². The molecule has 4 heteroatoms. The summed E-state index contributed by atoms with van der Waals surface area (Å²) in [6.07, 6.45) is 3.36. The van der Waals surface area contributed by atoms with Gasteiger partial charge in [0.1, 0.15) is 11.2 Å². The number of para-hydroxylation sites is 1. The van der Waals surface area contributed by atoms with Crippen LogP contribution in [0.4, 0.5) is 17.1 Å². The molecule has 0 unspecified atom stereocenters. The maximum atomic E-state index is 6.82. The van der Waals surface area contributed by atoms with E-state index in [0.29, 0.717) is 0 Å². The lowest BCUT2D eigenvalue weighted by Crippen LogP contribution is -2.56. The molecule has 0 bridgehead atoms. The molecule has 0 saturated carbocycles. The van der Waals surface area contributed by atoms with Crippen molar-refractivity contribution >= 4 is 89.4 Å². The van der Waals surface area contributed by atoms with Crippen LogP contribution >= 0.6 is 0 Å². The van der Waals surface area contributed by atoms with Crippen LogP contribution in [0.5, 0.6) is 0 Å². The average Bonchev–Trinajstić information content (AvgIpc) is 3.91. The van der Waals surface area contributed by atoms with Crippen molar-refractivity contribution in [3.05, 3.63) is 212 Å². The number of fused-ring (bicyclic) bond motifs is 12. The lowest BCUT2D eigenvalue weighted by molar-refractivity contribution is 0.669. The summed E-state index contributed by atoms with van der Waals surface area (Å²) in [4.78, 5) is 2.60. The van der Waals surface area contributed by atoms with Gasteiger partial charge in [0.25, 0.3) is 0 Å². The third-order valence-corrected chi connectivity index (χ3v) is 14.5. The van der Waals surface area contributed by atoms with Gasteiger partial charge in [-0.3, -0.25) is 0 Å². The molecule has 4 heterocycles. The first-order valence-corrected chi connectivity index (χ1v) is 23.4. The maximum absolute atomic E-state index is 6.82. The maximum Gasteiger partial charge on any atom is 0.333 e. The van der Waals surface area contributed by atoms with Crippen molar-refractivity contribution < 1.29 is 4.42 Å². The Labute approximate surface area is 383 Å². The molecule has 12 aromatic rings. The SMILES string of the molecule is CCCCc1ccc(N2c3cc4c(cc3B3c5c2cc2ccccc2c5-c2cc(-c5ccccc5)cc5c6cc(-c7ccccc7)ccc6n3c25)oc2ccccc24)c(-c2ccccc2)c1. The Balaban J connectivity index is 1.16. The third-order valence-electron chi connectivity index (χ3n) is 14.5. The number of rotatable bonds is 7. The second-order valence-corrected chi connectivity index (χ2v) is 18.2. The molecule has 0 spiro atoms. The fraction of sp³-hybridized carbons (Fsp3) is 0.0645. The fourth-order valence-electron chi connectivity index (χ4n) is 11.5. The van der Waals surface area contributed by atoms with E-state index in [2.05, 4.69) is 223 Å². The molecule has 310 valence electrons. The lowest BCUT2D eigenvalue weighted by Gasteiger charge is -2.41. The number of aromatic nitrogens is 1. The van der Waals surface area contributed by atoms with Gasteiger partial charge in [0.15, 0.2) is 0 Å². The van der Waals surface area contributed by atoms with Gasteiger partial charge in [0.05, 0.1) is 5.69 Å². The summed E-state index contributed by atoms with van der Waals surface area (Å²) in [5, 5.41) is 7.26. The van der Waals surface area contributed by atoms with Crippen LogP contribution in [0, 0.1) is 0 Å². The molecule has 2 aliphatic rings. The number of unbranched alkanes of at least 4 members (excludes halogenated alkanes) is 1. The number of benzene rings is 10. The van der Waals surface area contributed by atoms with E-state index >= 15 is 0 Å². The van der Waals surface area contributed by atoms with Gasteiger partial charge in [-0.15, -0.1) is 0 Å². The molecular weight excluding hydrogens is 800 g/mol. The Morgan fingerprint density at radius 2 is 1.15 bits per heavy atom. The van der Waals surface area contributed by atoms with Crippen LogP contribution < -0.4 is 15.8 Å². The molecular formula is C62H43BN2O. The van der Waals surface area contributed by atoms with E-state index in [1.165, 1.54) is 111 Å². The van der Waals surface area contributed by atoms with Crippen molar-refractivity contribution in [1.29, 1.82) is 0 Å². The summed E-state index contributed by atoms with van der Waals surface area (Å²) < 4.78 is 9.50. The molecule has 3 nitrogen and oxygen atoms in total. The topological polar surface area (TPSA) is 21.3 Å². The Hall–Kier alpha value is -8.08. The van der Waals surface area contributed by atoms with Gasteiger partial charge in [-0.05, 0) is 134 Å². The summed E-state index contributed by atoms with van der Waals surface area (Å²) in [5.41, 5.74) is 21.6. The fourth-order valence-corrected chi connectivity index (χ4v) is 11.5. The molecule has 0 fully saturated rings. The minimum Gasteiger partial charge on any atom is -0.456 e. The standard InChI is InChI=1S/C62H43BN2O/c1-2-3-17-39-28-30-54(48(32-39)42-22-11-6-12-23-42)64-56-37-50-47-26-15-16-27-58(47)66-59(50)38-53(56)63-61-57(64)36-44-24-13-14-25-46(44)60(61)52-35-45(41-20-9-5-10-21-41)34-51-49-33-43(40-18-7-4-8-19-40)29-31-55(49)65(63)62(51)52/h4-16,18-38H,2-3,17H2,1H3. The monoisotopic (exact) mass is 842 g/mol. The minimum absolute atomic E-state index is 0.148. The first kappa shape index (κ1) is 37.3. The quantitative estimate of drug-likeness (QED) is 0.149. The number of hydrogen-bond acceptors (Lipinski definition) is 2. The molecule has 0 aliphatic carbocycles. The van der Waals surface area contributed by atoms with Crippen LogP contribution in [0.3, 0.4) is 0 Å². The zero-order chi connectivity index (χ0) is 43.5. The average molecular weight is 843 g/mol. The largest absolute Gasteiger partial charge is 0.456 e. The predicted molar refractivity (Wildman–Crippen MR) is 280 cm³/mol. The number of nitrogens with zero attached hydrogens (tertiary/aromatic N) is 2. The predicted octanol–water partition coefficient (Wildman–Crippen LogP) is 15.6. The molecule has 0 radical (unpaired) electrons. The molecule has 0 saturated heterocycles. The highest BCUT2D eigenvalue weighted by molar-refractivity contribution is 6.90. The van der Waals surface area contributed by atoms with E-state index in [1.807, 2.05) is 0 Å². The minimum atomic E-state index is -0.148. The summed E-state index contributed by atoms with van der Waals surface area (Å²) in [6, 6.07) is 76.9. The Morgan fingerprint density at radius 1 is 0.455 bits per heavy atom. The summed E-state index contributed by atoms with van der Waals surface area (Å²) in [6.45, 7) is 2.13. The van der Waals surface area contributed by atoms with Crippen molar-refractivity contribution in [1.82, 2.24) is 4.48 Å². The van der Waals surface area contributed by atoms with Crippen molar-refractivity contribution in [2.24, 2.45) is 0 Å². The van der Waals surface area contributed by atoms with E-state index in [4.69, 9.17) is 4.42 Å². The third kappa shape index (κ3) is 5.45. The van der Waals surface area contributed by atoms with E-state index in [9.17, 15) is 0 Å². The van der Waals surface area contributed by atoms with Gasteiger partial charge in [0, 0.05) is 55.1 Å². The number of aryl methyl sites for hydroxylation is 1. The Kier molecular flexibility index (Phi) is 8.18. The van der Waals surface area contributed by atoms with E-state index < -0.39 is 0 Å². The zero-order valence-electron chi connectivity index (χ0n) is 36.6. The normalized spacial score (nSPS) is 12.7. The van der Waals surface area contributed by atoms with E-state index in [-0.39, 0.29) is 6.85 Å². The highest BCUT2D eigenvalue weighted by Crippen LogP contribution is 2.51. The number of anilines is 3. The van der Waals surface area contributed by atoms with E-state index in [1.54, 1.807) is 0 Å². The molecule has 2 aromatic heterocycles. The van der Waals surface area contributed by atoms with Gasteiger partial charge >= 0.3 is 6.85 Å². The van der Waals surface area contributed by atoms with Gasteiger partial charge in [-0.25, -0.2) is 0 Å². The highest BCUT2D eigenvalue weighted by atomic mass is 16.3. The van der Waals surface area contributed by atoms with Crippen molar-refractivity contribution in [3.63, 3.8) is 0 Å². The van der Waals surface area contributed by atoms with Crippen LogP contribution in [0.15, 0.2) is 211 Å². The van der Waals surface area contributed by atoms with E-state index in [0.717, 1.165) is 41.2 Å². The number of hydrogen-bond donors (Lipinski definition) is 0. The van der Waals surface area contributed by atoms with Crippen molar-refractivity contribution in [2.45, 2.75) is 26.2 Å². The molecule has 14 rings (SSSR count). The van der Waals surface area contributed by atoms with Crippen LogP contribution in [-0.4, -0.2) is 11.3 Å². The number of furan rings is 1. The van der Waals surface area contributed by atoms with Gasteiger partial charge in [-0.2, -0.15) is 0 Å². The molecule has 66 heavy (non-hydrogen) atoms. The van der Waals surface area contributed by atoms with Crippen LogP contribution in [0.25, 0.3) is 99.0 Å². The molecule has 0 amide bonds. The van der Waals surface area contributed by atoms with Crippen LogP contribution in [-0.2, 0) is 6.42 Å². The second-order valence-electron chi connectivity index (χ2n) is 18.2. The van der Waals surface area contributed by atoms with Crippen LogP contribution in [0.1, 0.15) is 25.3 Å². The highest BCUT2D eigenvalue weighted by Gasteiger charge is 2.44. The van der Waals surface area contributed by atoms with Crippen molar-refractivity contribution in [3.8, 4) is 44.5 Å². The first-order chi connectivity index (χ1) is 32.7. The lowest BCUT2D eigenvalue weighted by atomic mass is 9.44. The van der Waals surface area contributed by atoms with Crippen molar-refractivity contribution in [2.75, 3.05) is 4.90 Å². The first-order valence-electron chi connectivity index (χ1n) is 23.4. The smallest absolute Gasteiger partial charge is 0.333 e. The second kappa shape index (κ2) is 14.5. The zero-order valence-corrected chi connectivity index (χ0v) is 36.6. The Morgan fingerprint density at radius 3 is 1.94 bits per heavy atom. The molecule has 0 N–H and O–H groups in total. The summed E-state index contributed by atoms with van der Waals surface area (Å²) in [7, 11) is 0. The van der Waals surface area contributed by atoms with Gasteiger partial charge in [0.2, 0.25) is 0 Å². The molecule has 2 aliphatic heterocycles. The van der Waals surface area contributed by atoms with Crippen LogP contribution in [0.2, 0.25) is 0 Å². The summed E-state index contributed by atoms with van der Waals surface area (Å²) >= 11 is 0. The summed E-state index contributed by atoms with van der Waals surface area (Å²) in [5.74, 6) is 0. The Bertz CT molecular complexity index is 3920.